The highest BCUT2D eigenvalue weighted by Crippen LogP contribution is 2.21. The number of hydrogen-bond donors (Lipinski definition) is 1. The molecule has 1 aromatic carbocycles. The van der Waals surface area contributed by atoms with Crippen LogP contribution in [0.25, 0.3) is 0 Å². The highest BCUT2D eigenvalue weighted by molar-refractivity contribution is 6.31. The number of aromatic carboxylic acids is 1. The normalized spacial score (nSPS) is 11.2. The van der Waals surface area contributed by atoms with Gasteiger partial charge in [-0.3, -0.25) is 0 Å². The zero-order valence-corrected chi connectivity index (χ0v) is 14.5. The molecule has 1 amide bonds. The molecule has 1 rings (SSSR count). The van der Waals surface area contributed by atoms with E-state index in [1.54, 1.807) is 33.9 Å². The summed E-state index contributed by atoms with van der Waals surface area (Å²) in [6.07, 6.45) is -0.479. The van der Waals surface area contributed by atoms with E-state index in [-0.39, 0.29) is 17.1 Å². The average molecular weight is 344 g/mol. The van der Waals surface area contributed by atoms with Gasteiger partial charge in [0, 0.05) is 18.7 Å². The number of carboxylic acid groups (broad SMARTS) is 1. The minimum absolute atomic E-state index is 0.0967. The summed E-state index contributed by atoms with van der Waals surface area (Å²) >= 11 is 6.12. The Morgan fingerprint density at radius 3 is 2.43 bits per heavy atom. The van der Waals surface area contributed by atoms with Crippen molar-refractivity contribution in [2.75, 3.05) is 20.3 Å². The Labute approximate surface area is 140 Å². The minimum atomic E-state index is -1.05. The molecule has 0 atom stereocenters. The monoisotopic (exact) mass is 343 g/mol. The van der Waals surface area contributed by atoms with E-state index in [0.29, 0.717) is 18.7 Å². The molecule has 1 aromatic rings. The van der Waals surface area contributed by atoms with Gasteiger partial charge in [-0.05, 0) is 38.5 Å². The van der Waals surface area contributed by atoms with Crippen molar-refractivity contribution in [1.29, 1.82) is 0 Å². The van der Waals surface area contributed by atoms with Crippen molar-refractivity contribution < 1.29 is 24.2 Å². The highest BCUT2D eigenvalue weighted by atomic mass is 35.5. The molecule has 0 bridgehead atoms. The Balaban J connectivity index is 2.92. The Kier molecular flexibility index (Phi) is 6.84. The molecule has 0 spiro atoms. The van der Waals surface area contributed by atoms with Crippen LogP contribution in [0.3, 0.4) is 0 Å². The Morgan fingerprint density at radius 2 is 1.96 bits per heavy atom. The zero-order valence-electron chi connectivity index (χ0n) is 13.8. The molecule has 0 aromatic heterocycles. The number of amides is 1. The third-order valence-electron chi connectivity index (χ3n) is 2.88. The maximum absolute atomic E-state index is 12.3. The molecule has 0 saturated carbocycles. The van der Waals surface area contributed by atoms with E-state index in [9.17, 15) is 9.59 Å². The van der Waals surface area contributed by atoms with Crippen molar-refractivity contribution >= 4 is 23.7 Å². The Morgan fingerprint density at radius 1 is 1.30 bits per heavy atom. The van der Waals surface area contributed by atoms with Gasteiger partial charge in [-0.25, -0.2) is 9.59 Å². The standard InChI is InChI=1S/C16H22ClNO5/c1-16(2,3)23-15(21)18(7-8-22-4)10-12-6-5-11(14(19)20)9-13(12)17/h5-6,9H,7-8,10H2,1-4H3,(H,19,20). The third kappa shape index (κ3) is 6.46. The first-order chi connectivity index (χ1) is 10.6. The highest BCUT2D eigenvalue weighted by Gasteiger charge is 2.23. The smallest absolute Gasteiger partial charge is 0.410 e. The summed E-state index contributed by atoms with van der Waals surface area (Å²) in [6, 6.07) is 4.41. The van der Waals surface area contributed by atoms with E-state index in [4.69, 9.17) is 26.2 Å². The van der Waals surface area contributed by atoms with Gasteiger partial charge in [-0.1, -0.05) is 17.7 Å². The zero-order chi connectivity index (χ0) is 17.6. The molecular formula is C16H22ClNO5. The molecule has 1 N–H and O–H groups in total. The molecule has 6 nitrogen and oxygen atoms in total. The summed E-state index contributed by atoms with van der Waals surface area (Å²) in [4.78, 5) is 24.7. The SMILES string of the molecule is COCCN(Cc1ccc(C(=O)O)cc1Cl)C(=O)OC(C)(C)C. The fraction of sp³-hybridized carbons (Fsp3) is 0.500. The second kappa shape index (κ2) is 8.17. The van der Waals surface area contributed by atoms with Gasteiger partial charge < -0.3 is 19.5 Å². The van der Waals surface area contributed by atoms with Gasteiger partial charge in [0.15, 0.2) is 0 Å². The van der Waals surface area contributed by atoms with Crippen molar-refractivity contribution in [3.05, 3.63) is 34.3 Å². The number of carbonyl (C=O) groups excluding carboxylic acids is 1. The van der Waals surface area contributed by atoms with Crippen molar-refractivity contribution in [1.82, 2.24) is 4.90 Å². The number of halogens is 1. The van der Waals surface area contributed by atoms with Crippen LogP contribution in [0.1, 0.15) is 36.7 Å². The number of rotatable bonds is 6. The number of benzene rings is 1. The fourth-order valence-electron chi connectivity index (χ4n) is 1.78. The Hall–Kier alpha value is -1.79. The van der Waals surface area contributed by atoms with E-state index in [2.05, 4.69) is 0 Å². The van der Waals surface area contributed by atoms with Crippen molar-refractivity contribution in [2.45, 2.75) is 32.9 Å². The predicted molar refractivity (Wildman–Crippen MR) is 86.9 cm³/mol. The molecule has 0 aliphatic heterocycles. The summed E-state index contributed by atoms with van der Waals surface area (Å²) in [5, 5.41) is 9.24. The van der Waals surface area contributed by atoms with Gasteiger partial charge in [-0.2, -0.15) is 0 Å². The second-order valence-corrected chi connectivity index (χ2v) is 6.41. The Bertz CT molecular complexity index is 568. The van der Waals surface area contributed by atoms with Crippen LogP contribution in [0, 0.1) is 0 Å². The average Bonchev–Trinajstić information content (AvgIpc) is 2.42. The topological polar surface area (TPSA) is 76.1 Å². The lowest BCUT2D eigenvalue weighted by Crippen LogP contribution is -2.38. The fourth-order valence-corrected chi connectivity index (χ4v) is 2.02. The van der Waals surface area contributed by atoms with Crippen LogP contribution in [0.5, 0.6) is 0 Å². The summed E-state index contributed by atoms with van der Waals surface area (Å²) < 4.78 is 10.4. The van der Waals surface area contributed by atoms with Gasteiger partial charge >= 0.3 is 12.1 Å². The lowest BCUT2D eigenvalue weighted by molar-refractivity contribution is 0.0183. The lowest BCUT2D eigenvalue weighted by atomic mass is 10.1. The van der Waals surface area contributed by atoms with Crippen molar-refractivity contribution in [3.8, 4) is 0 Å². The predicted octanol–water partition coefficient (Wildman–Crippen LogP) is 3.42. The second-order valence-electron chi connectivity index (χ2n) is 6.01. The first-order valence-electron chi connectivity index (χ1n) is 7.12. The quantitative estimate of drug-likeness (QED) is 0.856. The van der Waals surface area contributed by atoms with E-state index in [1.807, 2.05) is 0 Å². The first kappa shape index (κ1) is 19.3. The van der Waals surface area contributed by atoms with Crippen LogP contribution in [-0.2, 0) is 16.0 Å². The molecular weight excluding hydrogens is 322 g/mol. The first-order valence-corrected chi connectivity index (χ1v) is 7.50. The van der Waals surface area contributed by atoms with E-state index in [1.165, 1.54) is 17.0 Å². The number of carboxylic acids is 1. The van der Waals surface area contributed by atoms with Crippen LogP contribution in [0.4, 0.5) is 4.79 Å². The van der Waals surface area contributed by atoms with Gasteiger partial charge in [-0.15, -0.1) is 0 Å². The molecule has 0 radical (unpaired) electrons. The van der Waals surface area contributed by atoms with Crippen molar-refractivity contribution in [2.24, 2.45) is 0 Å². The molecule has 128 valence electrons. The van der Waals surface area contributed by atoms with Crippen LogP contribution in [-0.4, -0.2) is 47.9 Å². The van der Waals surface area contributed by atoms with Gasteiger partial charge in [0.1, 0.15) is 5.60 Å². The largest absolute Gasteiger partial charge is 0.478 e. The maximum Gasteiger partial charge on any atom is 0.410 e. The molecule has 23 heavy (non-hydrogen) atoms. The van der Waals surface area contributed by atoms with Crippen molar-refractivity contribution in [3.63, 3.8) is 0 Å². The summed E-state index contributed by atoms with van der Waals surface area (Å²) in [5.74, 6) is -1.05. The van der Waals surface area contributed by atoms with E-state index >= 15 is 0 Å². The van der Waals surface area contributed by atoms with Crippen LogP contribution in [0.15, 0.2) is 18.2 Å². The van der Waals surface area contributed by atoms with E-state index in [0.717, 1.165) is 0 Å². The molecule has 0 heterocycles. The third-order valence-corrected chi connectivity index (χ3v) is 3.23. The number of carbonyl (C=O) groups is 2. The number of methoxy groups -OCH3 is 1. The van der Waals surface area contributed by atoms with Crippen LogP contribution < -0.4 is 0 Å². The number of nitrogens with zero attached hydrogens (tertiary/aromatic N) is 1. The number of hydrogen-bond acceptors (Lipinski definition) is 4. The summed E-state index contributed by atoms with van der Waals surface area (Å²) in [7, 11) is 1.54. The van der Waals surface area contributed by atoms with Crippen LogP contribution in [0.2, 0.25) is 5.02 Å². The summed E-state index contributed by atoms with van der Waals surface area (Å²) in [5.41, 5.74) is 0.123. The summed E-state index contributed by atoms with van der Waals surface area (Å²) in [6.45, 7) is 6.25. The van der Waals surface area contributed by atoms with Gasteiger partial charge in [0.05, 0.1) is 18.7 Å². The minimum Gasteiger partial charge on any atom is -0.478 e. The maximum atomic E-state index is 12.3. The lowest BCUT2D eigenvalue weighted by Gasteiger charge is -2.27. The molecule has 7 heteroatoms. The van der Waals surface area contributed by atoms with Gasteiger partial charge in [0.2, 0.25) is 0 Å². The molecule has 0 aliphatic rings. The van der Waals surface area contributed by atoms with Gasteiger partial charge in [0.25, 0.3) is 0 Å². The molecule has 0 saturated heterocycles. The van der Waals surface area contributed by atoms with E-state index < -0.39 is 17.7 Å². The van der Waals surface area contributed by atoms with Crippen LogP contribution >= 0.6 is 11.6 Å². The molecule has 0 aliphatic carbocycles. The number of ether oxygens (including phenoxy) is 2. The molecule has 0 fully saturated rings. The molecule has 0 unspecified atom stereocenters.